The molecule has 0 bridgehead atoms. The van der Waals surface area contributed by atoms with Gasteiger partial charge in [-0.3, -0.25) is 0 Å². The molecule has 1 heterocycles. The molecule has 1 aromatic heterocycles. The van der Waals surface area contributed by atoms with Crippen LogP contribution in [-0.4, -0.2) is 16.0 Å². The number of hydrogen-bond acceptors (Lipinski definition) is 4. The van der Waals surface area contributed by atoms with Crippen molar-refractivity contribution >= 4 is 17.4 Å². The third-order valence-electron chi connectivity index (χ3n) is 2.95. The van der Waals surface area contributed by atoms with Crippen molar-refractivity contribution in [3.8, 4) is 6.01 Å². The molecular formula is C14H13ClFN3O. The molecule has 0 atom stereocenters. The van der Waals surface area contributed by atoms with Crippen molar-refractivity contribution in [1.82, 2.24) is 9.97 Å². The maximum atomic E-state index is 13.5. The molecule has 1 fully saturated rings. The molecule has 2 aromatic rings. The molecule has 0 saturated heterocycles. The van der Waals surface area contributed by atoms with E-state index in [0.717, 1.165) is 24.6 Å². The molecule has 1 aliphatic rings. The Kier molecular flexibility index (Phi) is 3.69. The van der Waals surface area contributed by atoms with Crippen molar-refractivity contribution in [2.45, 2.75) is 25.5 Å². The molecule has 104 valence electrons. The van der Waals surface area contributed by atoms with Crippen LogP contribution in [-0.2, 0) is 6.61 Å². The number of benzene rings is 1. The Balaban J connectivity index is 1.69. The first-order chi connectivity index (χ1) is 9.72. The fourth-order valence-electron chi connectivity index (χ4n) is 1.70. The second-order valence-electron chi connectivity index (χ2n) is 4.65. The van der Waals surface area contributed by atoms with E-state index < -0.39 is 5.82 Å². The van der Waals surface area contributed by atoms with Crippen LogP contribution in [0.1, 0.15) is 18.4 Å². The number of hydrogen-bond donors (Lipinski definition) is 1. The fourth-order valence-corrected chi connectivity index (χ4v) is 1.89. The summed E-state index contributed by atoms with van der Waals surface area (Å²) in [7, 11) is 0. The van der Waals surface area contributed by atoms with Crippen molar-refractivity contribution in [2.75, 3.05) is 5.32 Å². The van der Waals surface area contributed by atoms with Crippen LogP contribution in [0.4, 0.5) is 10.2 Å². The Morgan fingerprint density at radius 2 is 2.15 bits per heavy atom. The monoisotopic (exact) mass is 293 g/mol. The predicted molar refractivity (Wildman–Crippen MR) is 74.4 cm³/mol. The molecule has 0 amide bonds. The molecule has 4 nitrogen and oxygen atoms in total. The fraction of sp³-hybridized carbons (Fsp3) is 0.286. The first-order valence-corrected chi connectivity index (χ1v) is 6.75. The SMILES string of the molecule is Fc1cnc(OCc2ccccc2Cl)nc1NC1CC1. The zero-order valence-electron chi connectivity index (χ0n) is 10.6. The van der Waals surface area contributed by atoms with Crippen LogP contribution in [0.15, 0.2) is 30.5 Å². The van der Waals surface area contributed by atoms with Crippen LogP contribution >= 0.6 is 11.6 Å². The van der Waals surface area contributed by atoms with Gasteiger partial charge in [0.1, 0.15) is 6.61 Å². The van der Waals surface area contributed by atoms with Crippen molar-refractivity contribution < 1.29 is 9.13 Å². The van der Waals surface area contributed by atoms with E-state index in [2.05, 4.69) is 15.3 Å². The summed E-state index contributed by atoms with van der Waals surface area (Å²) in [5.41, 5.74) is 0.832. The molecule has 6 heteroatoms. The number of anilines is 1. The first kappa shape index (κ1) is 13.1. The minimum Gasteiger partial charge on any atom is -0.458 e. The number of rotatable bonds is 5. The van der Waals surface area contributed by atoms with Gasteiger partial charge in [-0.1, -0.05) is 29.8 Å². The van der Waals surface area contributed by atoms with Gasteiger partial charge in [0.15, 0.2) is 11.6 Å². The number of halogens is 2. The van der Waals surface area contributed by atoms with Gasteiger partial charge in [0.05, 0.1) is 6.20 Å². The van der Waals surface area contributed by atoms with Crippen molar-refractivity contribution in [1.29, 1.82) is 0 Å². The first-order valence-electron chi connectivity index (χ1n) is 6.37. The highest BCUT2D eigenvalue weighted by Crippen LogP contribution is 2.25. The maximum absolute atomic E-state index is 13.5. The van der Waals surface area contributed by atoms with Crippen LogP contribution < -0.4 is 10.1 Å². The minimum atomic E-state index is -0.470. The Morgan fingerprint density at radius 1 is 1.35 bits per heavy atom. The molecule has 3 rings (SSSR count). The van der Waals surface area contributed by atoms with E-state index in [1.165, 1.54) is 0 Å². The smallest absolute Gasteiger partial charge is 0.318 e. The summed E-state index contributed by atoms with van der Waals surface area (Å²) in [5, 5.41) is 3.62. The number of aromatic nitrogens is 2. The molecule has 1 saturated carbocycles. The number of nitrogens with zero attached hydrogens (tertiary/aromatic N) is 2. The maximum Gasteiger partial charge on any atom is 0.318 e. The third-order valence-corrected chi connectivity index (χ3v) is 3.32. The summed E-state index contributed by atoms with van der Waals surface area (Å²) in [6, 6.07) is 7.81. The Labute approximate surface area is 121 Å². The van der Waals surface area contributed by atoms with E-state index >= 15 is 0 Å². The lowest BCUT2D eigenvalue weighted by molar-refractivity contribution is 0.280. The molecule has 1 aromatic carbocycles. The molecule has 0 aliphatic heterocycles. The summed E-state index contributed by atoms with van der Waals surface area (Å²) in [5.74, 6) is -0.279. The van der Waals surface area contributed by atoms with Crippen molar-refractivity contribution in [3.63, 3.8) is 0 Å². The zero-order valence-corrected chi connectivity index (χ0v) is 11.4. The highest BCUT2D eigenvalue weighted by Gasteiger charge is 2.23. The summed E-state index contributed by atoms with van der Waals surface area (Å²) < 4.78 is 19.0. The summed E-state index contributed by atoms with van der Waals surface area (Å²) >= 11 is 6.03. The second-order valence-corrected chi connectivity index (χ2v) is 5.06. The Hall–Kier alpha value is -1.88. The average Bonchev–Trinajstić information content (AvgIpc) is 3.25. The van der Waals surface area contributed by atoms with Crippen LogP contribution in [0.25, 0.3) is 0 Å². The third kappa shape index (κ3) is 3.17. The van der Waals surface area contributed by atoms with Gasteiger partial charge in [0.2, 0.25) is 0 Å². The molecular weight excluding hydrogens is 281 g/mol. The summed E-state index contributed by atoms with van der Waals surface area (Å²) in [4.78, 5) is 7.85. The minimum absolute atomic E-state index is 0.134. The van der Waals surface area contributed by atoms with E-state index in [4.69, 9.17) is 16.3 Å². The van der Waals surface area contributed by atoms with Gasteiger partial charge in [0, 0.05) is 16.6 Å². The molecule has 0 spiro atoms. The average molecular weight is 294 g/mol. The van der Waals surface area contributed by atoms with E-state index in [-0.39, 0.29) is 18.4 Å². The molecule has 1 aliphatic carbocycles. The van der Waals surface area contributed by atoms with Gasteiger partial charge < -0.3 is 10.1 Å². The van der Waals surface area contributed by atoms with Crippen molar-refractivity contribution in [3.05, 3.63) is 46.9 Å². The van der Waals surface area contributed by atoms with Crippen LogP contribution in [0.2, 0.25) is 5.02 Å². The lowest BCUT2D eigenvalue weighted by atomic mass is 10.2. The van der Waals surface area contributed by atoms with Gasteiger partial charge in [-0.15, -0.1) is 0 Å². The zero-order chi connectivity index (χ0) is 13.9. The lowest BCUT2D eigenvalue weighted by Gasteiger charge is -2.08. The van der Waals surface area contributed by atoms with Gasteiger partial charge in [0.25, 0.3) is 0 Å². The van der Waals surface area contributed by atoms with Gasteiger partial charge >= 0.3 is 6.01 Å². The standard InChI is InChI=1S/C14H13ClFN3O/c15-11-4-2-1-3-9(11)8-20-14-17-7-12(16)13(19-14)18-10-5-6-10/h1-4,7,10H,5-6,8H2,(H,17,18,19). The summed E-state index contributed by atoms with van der Waals surface area (Å²) in [6.45, 7) is 0.244. The Bertz CT molecular complexity index is 619. The van der Waals surface area contributed by atoms with E-state index in [1.807, 2.05) is 18.2 Å². The van der Waals surface area contributed by atoms with Crippen LogP contribution in [0, 0.1) is 5.82 Å². The van der Waals surface area contributed by atoms with Crippen LogP contribution in [0.3, 0.4) is 0 Å². The highest BCUT2D eigenvalue weighted by atomic mass is 35.5. The Morgan fingerprint density at radius 3 is 2.90 bits per heavy atom. The quantitative estimate of drug-likeness (QED) is 0.917. The normalized spacial score (nSPS) is 14.1. The largest absolute Gasteiger partial charge is 0.458 e. The van der Waals surface area contributed by atoms with E-state index in [9.17, 15) is 4.39 Å². The van der Waals surface area contributed by atoms with Crippen LogP contribution in [0.5, 0.6) is 6.01 Å². The lowest BCUT2D eigenvalue weighted by Crippen LogP contribution is -2.08. The molecule has 0 radical (unpaired) electrons. The molecule has 20 heavy (non-hydrogen) atoms. The van der Waals surface area contributed by atoms with E-state index in [0.29, 0.717) is 11.1 Å². The highest BCUT2D eigenvalue weighted by molar-refractivity contribution is 6.31. The number of nitrogens with one attached hydrogen (secondary N) is 1. The molecule has 1 N–H and O–H groups in total. The van der Waals surface area contributed by atoms with Gasteiger partial charge in [-0.05, 0) is 18.9 Å². The van der Waals surface area contributed by atoms with Crippen molar-refractivity contribution in [2.24, 2.45) is 0 Å². The number of ether oxygens (including phenoxy) is 1. The summed E-state index contributed by atoms with van der Waals surface area (Å²) in [6.07, 6.45) is 3.19. The second kappa shape index (κ2) is 5.63. The van der Waals surface area contributed by atoms with Gasteiger partial charge in [-0.25, -0.2) is 9.37 Å². The molecule has 0 unspecified atom stereocenters. The van der Waals surface area contributed by atoms with Gasteiger partial charge in [-0.2, -0.15) is 4.98 Å². The topological polar surface area (TPSA) is 47.0 Å². The predicted octanol–water partition coefficient (Wildman–Crippen LogP) is 3.42. The van der Waals surface area contributed by atoms with E-state index in [1.54, 1.807) is 6.07 Å².